The van der Waals surface area contributed by atoms with Crippen molar-refractivity contribution in [3.63, 3.8) is 0 Å². The van der Waals surface area contributed by atoms with Crippen LogP contribution in [0.1, 0.15) is 71.4 Å². The van der Waals surface area contributed by atoms with Crippen LogP contribution in [0.2, 0.25) is 0 Å². The molecule has 2 N–H and O–H groups in total. The summed E-state index contributed by atoms with van der Waals surface area (Å²) < 4.78 is 0. The van der Waals surface area contributed by atoms with Crippen molar-refractivity contribution in [2.24, 2.45) is 5.92 Å². The highest BCUT2D eigenvalue weighted by Gasteiger charge is 2.27. The Balaban J connectivity index is 1.33. The average molecular weight is 450 g/mol. The predicted molar refractivity (Wildman–Crippen MR) is 125 cm³/mol. The van der Waals surface area contributed by atoms with Crippen LogP contribution in [0.5, 0.6) is 0 Å². The first-order valence-electron chi connectivity index (χ1n) is 11.8. The molecule has 2 fully saturated rings. The number of aromatic nitrogens is 2. The van der Waals surface area contributed by atoms with Crippen molar-refractivity contribution in [1.82, 2.24) is 20.2 Å². The van der Waals surface area contributed by atoms with Crippen molar-refractivity contribution in [3.8, 4) is 0 Å². The maximum Gasteiger partial charge on any atom is 0.273 e. The lowest BCUT2D eigenvalue weighted by atomic mass is 9.89. The van der Waals surface area contributed by atoms with Crippen LogP contribution in [0.15, 0.2) is 36.7 Å². The number of carbonyl (C=O) groups excluding carboxylic acids is 3. The summed E-state index contributed by atoms with van der Waals surface area (Å²) in [5.41, 5.74) is 1.87. The molecular formula is C25H31N5O3. The lowest BCUT2D eigenvalue weighted by molar-refractivity contribution is -0.120. The second kappa shape index (κ2) is 10.6. The summed E-state index contributed by atoms with van der Waals surface area (Å²) >= 11 is 0. The number of aryl methyl sites for hydroxylation is 1. The minimum atomic E-state index is -0.356. The number of rotatable bonds is 5. The third kappa shape index (κ3) is 5.74. The van der Waals surface area contributed by atoms with E-state index < -0.39 is 0 Å². The third-order valence-electron chi connectivity index (χ3n) is 6.51. The van der Waals surface area contributed by atoms with Crippen LogP contribution < -0.4 is 10.6 Å². The second-order valence-electron chi connectivity index (χ2n) is 8.99. The zero-order valence-corrected chi connectivity index (χ0v) is 19.0. The van der Waals surface area contributed by atoms with E-state index in [-0.39, 0.29) is 41.2 Å². The largest absolute Gasteiger partial charge is 0.348 e. The molecule has 0 spiro atoms. The minimum absolute atomic E-state index is 0.0186. The monoisotopic (exact) mass is 449 g/mol. The average Bonchev–Trinajstić information content (AvgIpc) is 2.85. The van der Waals surface area contributed by atoms with Crippen LogP contribution in [0.25, 0.3) is 0 Å². The molecule has 0 bridgehead atoms. The SMILES string of the molecule is Cc1cccc(C(=O)N2CCC(NC(=O)c3nccnc3NC(=O)C3CCCCC3)CC2)c1. The van der Waals surface area contributed by atoms with Crippen molar-refractivity contribution in [2.45, 2.75) is 57.9 Å². The van der Waals surface area contributed by atoms with E-state index in [1.807, 2.05) is 36.1 Å². The Morgan fingerprint density at radius 2 is 1.70 bits per heavy atom. The fourth-order valence-corrected chi connectivity index (χ4v) is 4.62. The molecule has 2 aromatic rings. The molecule has 1 aromatic carbocycles. The number of benzene rings is 1. The van der Waals surface area contributed by atoms with Gasteiger partial charge in [-0.1, -0.05) is 37.0 Å². The minimum Gasteiger partial charge on any atom is -0.348 e. The highest BCUT2D eigenvalue weighted by Crippen LogP contribution is 2.25. The summed E-state index contributed by atoms with van der Waals surface area (Å²) in [6, 6.07) is 7.52. The number of nitrogens with zero attached hydrogens (tertiary/aromatic N) is 3. The molecule has 1 aliphatic carbocycles. The maximum atomic E-state index is 12.9. The number of hydrogen-bond acceptors (Lipinski definition) is 5. The summed E-state index contributed by atoms with van der Waals surface area (Å²) in [6.45, 7) is 3.11. The molecule has 1 aromatic heterocycles. The van der Waals surface area contributed by atoms with Gasteiger partial charge in [-0.3, -0.25) is 14.4 Å². The van der Waals surface area contributed by atoms with E-state index in [9.17, 15) is 14.4 Å². The standard InChI is InChI=1S/C25H31N5O3/c1-17-6-5-9-19(16-17)25(33)30-14-10-20(11-15-30)28-24(32)21-22(27-13-12-26-21)29-23(31)18-7-3-2-4-8-18/h5-6,9,12-13,16,18,20H,2-4,7-8,10-11,14-15H2,1H3,(H,28,32)(H,27,29,31). The summed E-state index contributed by atoms with van der Waals surface area (Å²) in [4.78, 5) is 48.5. The number of carbonyl (C=O) groups is 3. The van der Waals surface area contributed by atoms with Crippen molar-refractivity contribution in [2.75, 3.05) is 18.4 Å². The molecule has 33 heavy (non-hydrogen) atoms. The normalized spacial score (nSPS) is 17.4. The van der Waals surface area contributed by atoms with Crippen molar-refractivity contribution in [1.29, 1.82) is 0 Å². The predicted octanol–water partition coefficient (Wildman–Crippen LogP) is 3.34. The summed E-state index contributed by atoms with van der Waals surface area (Å²) in [6.07, 6.45) is 9.25. The molecule has 1 saturated heterocycles. The topological polar surface area (TPSA) is 104 Å². The Morgan fingerprint density at radius 3 is 2.42 bits per heavy atom. The molecule has 2 aliphatic rings. The van der Waals surface area contributed by atoms with Gasteiger partial charge in [-0.15, -0.1) is 0 Å². The quantitative estimate of drug-likeness (QED) is 0.729. The lowest BCUT2D eigenvalue weighted by Crippen LogP contribution is -2.46. The highest BCUT2D eigenvalue weighted by atomic mass is 16.2. The van der Waals surface area contributed by atoms with Gasteiger partial charge in [0.2, 0.25) is 5.91 Å². The molecule has 0 atom stereocenters. The van der Waals surface area contributed by atoms with Gasteiger partial charge in [0.15, 0.2) is 11.5 Å². The number of amides is 3. The van der Waals surface area contributed by atoms with E-state index >= 15 is 0 Å². The first-order valence-corrected chi connectivity index (χ1v) is 11.8. The van der Waals surface area contributed by atoms with Crippen LogP contribution in [-0.2, 0) is 4.79 Å². The highest BCUT2D eigenvalue weighted by molar-refractivity contribution is 6.01. The van der Waals surface area contributed by atoms with Gasteiger partial charge in [0.25, 0.3) is 11.8 Å². The Hall–Kier alpha value is -3.29. The smallest absolute Gasteiger partial charge is 0.273 e. The Bertz CT molecular complexity index is 1010. The number of hydrogen-bond donors (Lipinski definition) is 2. The fourth-order valence-electron chi connectivity index (χ4n) is 4.62. The number of nitrogens with one attached hydrogen (secondary N) is 2. The Kier molecular flexibility index (Phi) is 7.32. The van der Waals surface area contributed by atoms with Gasteiger partial charge in [-0.25, -0.2) is 9.97 Å². The molecule has 2 heterocycles. The summed E-state index contributed by atoms with van der Waals surface area (Å²) in [5, 5.41) is 5.82. The lowest BCUT2D eigenvalue weighted by Gasteiger charge is -2.32. The van der Waals surface area contributed by atoms with E-state index in [1.54, 1.807) is 0 Å². The van der Waals surface area contributed by atoms with Gasteiger partial charge in [0.1, 0.15) is 0 Å². The second-order valence-corrected chi connectivity index (χ2v) is 8.99. The van der Waals surface area contributed by atoms with Gasteiger partial charge >= 0.3 is 0 Å². The Labute approximate surface area is 194 Å². The molecule has 8 nitrogen and oxygen atoms in total. The van der Waals surface area contributed by atoms with Crippen molar-refractivity contribution < 1.29 is 14.4 Å². The van der Waals surface area contributed by atoms with Crippen molar-refractivity contribution >= 4 is 23.5 Å². The first-order chi connectivity index (χ1) is 16.0. The molecule has 3 amide bonds. The number of piperidine rings is 1. The third-order valence-corrected chi connectivity index (χ3v) is 6.51. The van der Waals surface area contributed by atoms with Crippen LogP contribution in [-0.4, -0.2) is 51.7 Å². The molecule has 1 saturated carbocycles. The van der Waals surface area contributed by atoms with Crippen LogP contribution in [0.4, 0.5) is 5.82 Å². The number of likely N-dealkylation sites (tertiary alicyclic amines) is 1. The van der Waals surface area contributed by atoms with Gasteiger partial charge in [-0.2, -0.15) is 0 Å². The van der Waals surface area contributed by atoms with Crippen LogP contribution in [0, 0.1) is 12.8 Å². The van der Waals surface area contributed by atoms with Gasteiger partial charge in [0.05, 0.1) is 0 Å². The Morgan fingerprint density at radius 1 is 0.970 bits per heavy atom. The zero-order valence-electron chi connectivity index (χ0n) is 19.0. The van der Waals surface area contributed by atoms with Gasteiger partial charge < -0.3 is 15.5 Å². The molecule has 4 rings (SSSR count). The van der Waals surface area contributed by atoms with E-state index in [0.29, 0.717) is 31.5 Å². The molecule has 1 aliphatic heterocycles. The maximum absolute atomic E-state index is 12.9. The van der Waals surface area contributed by atoms with Crippen LogP contribution >= 0.6 is 0 Å². The molecule has 174 valence electrons. The van der Waals surface area contributed by atoms with Gasteiger partial charge in [0, 0.05) is 43.0 Å². The molecule has 0 radical (unpaired) electrons. The van der Waals surface area contributed by atoms with E-state index in [1.165, 1.54) is 12.4 Å². The van der Waals surface area contributed by atoms with Crippen molar-refractivity contribution in [3.05, 3.63) is 53.5 Å². The molecular weight excluding hydrogens is 418 g/mol. The summed E-state index contributed by atoms with van der Waals surface area (Å²) in [7, 11) is 0. The molecule has 0 unspecified atom stereocenters. The van der Waals surface area contributed by atoms with E-state index in [0.717, 1.165) is 37.7 Å². The number of anilines is 1. The van der Waals surface area contributed by atoms with E-state index in [4.69, 9.17) is 0 Å². The van der Waals surface area contributed by atoms with E-state index in [2.05, 4.69) is 20.6 Å². The fraction of sp³-hybridized carbons (Fsp3) is 0.480. The summed E-state index contributed by atoms with van der Waals surface area (Å²) in [5.74, 6) is -0.257. The van der Waals surface area contributed by atoms with Gasteiger partial charge in [-0.05, 0) is 44.7 Å². The molecule has 8 heteroatoms. The first kappa shape index (κ1) is 22.9. The van der Waals surface area contributed by atoms with Crippen LogP contribution in [0.3, 0.4) is 0 Å². The zero-order chi connectivity index (χ0) is 23.2.